The molecule has 0 bridgehead atoms. The zero-order valence-corrected chi connectivity index (χ0v) is 27.8. The summed E-state index contributed by atoms with van der Waals surface area (Å²) >= 11 is 0. The highest BCUT2D eigenvalue weighted by molar-refractivity contribution is 5.94. The average molecular weight is 634 g/mol. The van der Waals surface area contributed by atoms with E-state index in [1.54, 1.807) is 6.92 Å². The molecule has 1 heterocycles. The zero-order chi connectivity index (χ0) is 33.1. The van der Waals surface area contributed by atoms with Gasteiger partial charge in [-0.1, -0.05) is 50.2 Å². The fraction of sp³-hybridized carbons (Fsp3) is 0.556. The van der Waals surface area contributed by atoms with E-state index in [0.29, 0.717) is 45.6 Å². The molecule has 0 unspecified atom stereocenters. The van der Waals surface area contributed by atoms with Crippen LogP contribution in [0.25, 0.3) is 0 Å². The summed E-state index contributed by atoms with van der Waals surface area (Å²) in [6.07, 6.45) is 5.15. The lowest BCUT2D eigenvalue weighted by molar-refractivity contribution is -0.134. The summed E-state index contributed by atoms with van der Waals surface area (Å²) in [7, 11) is 0. The van der Waals surface area contributed by atoms with E-state index in [9.17, 15) is 19.2 Å². The van der Waals surface area contributed by atoms with Crippen molar-refractivity contribution in [3.05, 3.63) is 64.7 Å². The molecule has 4 rings (SSSR count). The quantitative estimate of drug-likeness (QED) is 0.371. The van der Waals surface area contributed by atoms with Gasteiger partial charge in [-0.05, 0) is 81.2 Å². The van der Waals surface area contributed by atoms with Crippen LogP contribution in [-0.2, 0) is 45.0 Å². The molecule has 1 fully saturated rings. The largest absolute Gasteiger partial charge is 0.494 e. The fourth-order valence-electron chi connectivity index (χ4n) is 6.18. The van der Waals surface area contributed by atoms with Crippen LogP contribution in [0.1, 0.15) is 75.6 Å². The standard InChI is InChI=1S/C36H51N5O5/c1-5-46-31-22-28-15-9-14-27(28)21-29(31)23-41-18-10-16-32(42)39-30(20-26-12-7-6-8-13-26)35(44)38-25(4)34(43)40-33(24(2)3)36(45)37-17-11-19-41/h6-8,12-13,21-22,24-25,30,33H,5,9-11,14-20,23H2,1-4H3,(H,37,45)(H,38,44)(H,39,42)(H,40,43)/t25-,30+,33-/m1/s1. The first kappa shape index (κ1) is 34.9. The molecule has 10 heteroatoms. The third kappa shape index (κ3) is 10.0. The van der Waals surface area contributed by atoms with Gasteiger partial charge in [0.05, 0.1) is 6.61 Å². The van der Waals surface area contributed by atoms with Gasteiger partial charge in [0, 0.05) is 38.0 Å². The molecule has 1 saturated heterocycles. The van der Waals surface area contributed by atoms with E-state index in [1.165, 1.54) is 11.1 Å². The zero-order valence-electron chi connectivity index (χ0n) is 27.8. The Balaban J connectivity index is 1.54. The molecule has 3 atom stereocenters. The van der Waals surface area contributed by atoms with Gasteiger partial charge in [0.25, 0.3) is 0 Å². The maximum Gasteiger partial charge on any atom is 0.243 e. The first-order chi connectivity index (χ1) is 22.1. The molecule has 0 aromatic heterocycles. The number of aryl methyl sites for hydroxylation is 2. The van der Waals surface area contributed by atoms with E-state index in [4.69, 9.17) is 4.74 Å². The number of carbonyl (C=O) groups excluding carboxylic acids is 4. The molecule has 4 amide bonds. The Morgan fingerprint density at radius 3 is 2.28 bits per heavy atom. The van der Waals surface area contributed by atoms with E-state index >= 15 is 0 Å². The van der Waals surface area contributed by atoms with Crippen molar-refractivity contribution < 1.29 is 23.9 Å². The second-order valence-electron chi connectivity index (χ2n) is 12.8. The van der Waals surface area contributed by atoms with Gasteiger partial charge in [-0.25, -0.2) is 0 Å². The van der Waals surface area contributed by atoms with Crippen LogP contribution in [-0.4, -0.2) is 72.9 Å². The van der Waals surface area contributed by atoms with Crippen LogP contribution in [0.5, 0.6) is 5.75 Å². The summed E-state index contributed by atoms with van der Waals surface area (Å²) < 4.78 is 6.05. The van der Waals surface area contributed by atoms with Crippen molar-refractivity contribution in [2.75, 3.05) is 26.2 Å². The first-order valence-electron chi connectivity index (χ1n) is 16.9. The molecule has 2 aromatic carbocycles. The Bertz CT molecular complexity index is 1350. The summed E-state index contributed by atoms with van der Waals surface area (Å²) in [6.45, 7) is 10.4. The van der Waals surface area contributed by atoms with Crippen LogP contribution in [0.2, 0.25) is 0 Å². The van der Waals surface area contributed by atoms with Crippen molar-refractivity contribution in [3.63, 3.8) is 0 Å². The number of fused-ring (bicyclic) bond motifs is 1. The van der Waals surface area contributed by atoms with Gasteiger partial charge in [-0.15, -0.1) is 0 Å². The molecular formula is C36H51N5O5. The van der Waals surface area contributed by atoms with Crippen molar-refractivity contribution >= 4 is 23.6 Å². The van der Waals surface area contributed by atoms with E-state index < -0.39 is 29.9 Å². The van der Waals surface area contributed by atoms with Crippen molar-refractivity contribution in [2.24, 2.45) is 5.92 Å². The Morgan fingerprint density at radius 2 is 1.57 bits per heavy atom. The summed E-state index contributed by atoms with van der Waals surface area (Å²) in [6, 6.07) is 11.4. The molecule has 0 spiro atoms. The van der Waals surface area contributed by atoms with Crippen LogP contribution in [0, 0.1) is 5.92 Å². The van der Waals surface area contributed by atoms with Gasteiger partial charge >= 0.3 is 0 Å². The Hall–Kier alpha value is -3.92. The maximum atomic E-state index is 13.4. The average Bonchev–Trinajstić information content (AvgIpc) is 3.48. The van der Waals surface area contributed by atoms with Gasteiger partial charge in [-0.2, -0.15) is 0 Å². The van der Waals surface area contributed by atoms with Crippen molar-refractivity contribution in [2.45, 2.75) is 97.3 Å². The molecule has 46 heavy (non-hydrogen) atoms. The van der Waals surface area contributed by atoms with Gasteiger partial charge in [0.2, 0.25) is 23.6 Å². The molecule has 0 saturated carbocycles. The topological polar surface area (TPSA) is 129 Å². The molecule has 2 aromatic rings. The number of benzene rings is 2. The van der Waals surface area contributed by atoms with Crippen LogP contribution < -0.4 is 26.0 Å². The van der Waals surface area contributed by atoms with Crippen molar-refractivity contribution in [1.82, 2.24) is 26.2 Å². The van der Waals surface area contributed by atoms with E-state index in [2.05, 4.69) is 38.3 Å². The lowest BCUT2D eigenvalue weighted by atomic mass is 10.0. The van der Waals surface area contributed by atoms with E-state index in [0.717, 1.165) is 36.1 Å². The summed E-state index contributed by atoms with van der Waals surface area (Å²) in [4.78, 5) is 55.2. The first-order valence-corrected chi connectivity index (χ1v) is 16.9. The summed E-state index contributed by atoms with van der Waals surface area (Å²) in [5.41, 5.74) is 4.77. The molecule has 2 aliphatic rings. The molecule has 0 radical (unpaired) electrons. The van der Waals surface area contributed by atoms with Gasteiger partial charge < -0.3 is 26.0 Å². The lowest BCUT2D eigenvalue weighted by Crippen LogP contribution is -2.57. The fourth-order valence-corrected chi connectivity index (χ4v) is 6.18. The monoisotopic (exact) mass is 633 g/mol. The van der Waals surface area contributed by atoms with Crippen LogP contribution in [0.3, 0.4) is 0 Å². The number of nitrogens with zero attached hydrogens (tertiary/aromatic N) is 1. The third-order valence-electron chi connectivity index (χ3n) is 8.73. The molecule has 10 nitrogen and oxygen atoms in total. The smallest absolute Gasteiger partial charge is 0.243 e. The minimum Gasteiger partial charge on any atom is -0.494 e. The van der Waals surface area contributed by atoms with Gasteiger partial charge in [-0.3, -0.25) is 24.1 Å². The van der Waals surface area contributed by atoms with Crippen LogP contribution in [0.4, 0.5) is 0 Å². The third-order valence-corrected chi connectivity index (χ3v) is 8.73. The minimum absolute atomic E-state index is 0.157. The number of nitrogens with one attached hydrogen (secondary N) is 4. The molecular weight excluding hydrogens is 582 g/mol. The summed E-state index contributed by atoms with van der Waals surface area (Å²) in [5, 5.41) is 11.5. The number of ether oxygens (including phenoxy) is 1. The van der Waals surface area contributed by atoms with Gasteiger partial charge in [0.15, 0.2) is 0 Å². The number of hydrogen-bond donors (Lipinski definition) is 4. The molecule has 4 N–H and O–H groups in total. The minimum atomic E-state index is -0.898. The van der Waals surface area contributed by atoms with Gasteiger partial charge in [0.1, 0.15) is 23.9 Å². The predicted octanol–water partition coefficient (Wildman–Crippen LogP) is 3.05. The number of carbonyl (C=O) groups is 4. The normalized spacial score (nSPS) is 22.6. The molecule has 1 aliphatic carbocycles. The SMILES string of the molecule is CCOc1cc2c(cc1CN1CCCNC(=O)[C@@H](C(C)C)NC(=O)[C@@H](C)NC(=O)[C@H](Cc3ccccc3)NC(=O)CCC1)CCC2. The van der Waals surface area contributed by atoms with E-state index in [-0.39, 0.29) is 30.6 Å². The highest BCUT2D eigenvalue weighted by atomic mass is 16.5. The number of amides is 4. The molecule has 250 valence electrons. The lowest BCUT2D eigenvalue weighted by Gasteiger charge is -2.27. The molecule has 1 aliphatic heterocycles. The number of hydrogen-bond acceptors (Lipinski definition) is 6. The Labute approximate surface area is 273 Å². The second kappa shape index (κ2) is 17.1. The Morgan fingerprint density at radius 1 is 0.848 bits per heavy atom. The second-order valence-corrected chi connectivity index (χ2v) is 12.8. The van der Waals surface area contributed by atoms with Crippen LogP contribution in [0.15, 0.2) is 42.5 Å². The number of rotatable bonds is 7. The van der Waals surface area contributed by atoms with Crippen LogP contribution >= 0.6 is 0 Å². The highest BCUT2D eigenvalue weighted by Crippen LogP contribution is 2.31. The van der Waals surface area contributed by atoms with Crippen molar-refractivity contribution in [1.29, 1.82) is 0 Å². The Kier molecular flexibility index (Phi) is 13.0. The van der Waals surface area contributed by atoms with Crippen molar-refractivity contribution in [3.8, 4) is 5.75 Å². The van der Waals surface area contributed by atoms with E-state index in [1.807, 2.05) is 51.1 Å². The maximum absolute atomic E-state index is 13.4. The summed E-state index contributed by atoms with van der Waals surface area (Å²) in [5.74, 6) is -0.620. The predicted molar refractivity (Wildman–Crippen MR) is 178 cm³/mol. The highest BCUT2D eigenvalue weighted by Gasteiger charge is 2.29.